The zero-order chi connectivity index (χ0) is 19.6. The SMILES string of the molecule is Cc1ccn(CCC(=O)N2CCCC3(C2)CN(c2ccccc2)C(=O)CO3)n1. The van der Waals surface area contributed by atoms with Crippen molar-refractivity contribution in [2.24, 2.45) is 0 Å². The molecule has 7 nitrogen and oxygen atoms in total. The van der Waals surface area contributed by atoms with Gasteiger partial charge in [-0.3, -0.25) is 14.3 Å². The number of amides is 2. The van der Waals surface area contributed by atoms with Gasteiger partial charge < -0.3 is 14.5 Å². The van der Waals surface area contributed by atoms with Crippen molar-refractivity contribution in [1.82, 2.24) is 14.7 Å². The molecule has 28 heavy (non-hydrogen) atoms. The van der Waals surface area contributed by atoms with E-state index in [2.05, 4.69) is 5.10 Å². The summed E-state index contributed by atoms with van der Waals surface area (Å²) in [5, 5.41) is 4.34. The van der Waals surface area contributed by atoms with Gasteiger partial charge in [-0.15, -0.1) is 0 Å². The van der Waals surface area contributed by atoms with Crippen LogP contribution in [0.15, 0.2) is 42.6 Å². The monoisotopic (exact) mass is 382 g/mol. The Hall–Kier alpha value is -2.67. The molecule has 0 aliphatic carbocycles. The molecule has 7 heteroatoms. The molecule has 2 aromatic rings. The Labute approximate surface area is 164 Å². The molecule has 0 bridgehead atoms. The molecule has 2 fully saturated rings. The number of anilines is 1. The second-order valence-electron chi connectivity index (χ2n) is 7.68. The number of piperidine rings is 1. The first-order chi connectivity index (χ1) is 13.5. The summed E-state index contributed by atoms with van der Waals surface area (Å²) >= 11 is 0. The van der Waals surface area contributed by atoms with Crippen molar-refractivity contribution in [3.05, 3.63) is 48.3 Å². The molecule has 0 radical (unpaired) electrons. The van der Waals surface area contributed by atoms with Gasteiger partial charge in [-0.1, -0.05) is 18.2 Å². The third-order valence-corrected chi connectivity index (χ3v) is 5.54. The van der Waals surface area contributed by atoms with Gasteiger partial charge in [0.05, 0.1) is 18.8 Å². The number of ether oxygens (including phenoxy) is 1. The highest BCUT2D eigenvalue weighted by molar-refractivity contribution is 5.95. The number of aryl methyl sites for hydroxylation is 2. The summed E-state index contributed by atoms with van der Waals surface area (Å²) in [4.78, 5) is 28.9. The van der Waals surface area contributed by atoms with E-state index >= 15 is 0 Å². The summed E-state index contributed by atoms with van der Waals surface area (Å²) < 4.78 is 7.82. The molecular formula is C21H26N4O3. The molecular weight excluding hydrogens is 356 g/mol. The number of rotatable bonds is 4. The molecule has 4 rings (SSSR count). The topological polar surface area (TPSA) is 67.7 Å². The molecule has 1 aromatic carbocycles. The quantitative estimate of drug-likeness (QED) is 0.811. The van der Waals surface area contributed by atoms with Gasteiger partial charge in [-0.25, -0.2) is 0 Å². The van der Waals surface area contributed by atoms with Crippen LogP contribution in [0.5, 0.6) is 0 Å². The molecule has 2 aliphatic heterocycles. The smallest absolute Gasteiger partial charge is 0.253 e. The number of carbonyl (C=O) groups is 2. The molecule has 2 saturated heterocycles. The van der Waals surface area contributed by atoms with Crippen molar-refractivity contribution in [2.45, 2.75) is 38.3 Å². The molecule has 0 N–H and O–H groups in total. The molecule has 3 heterocycles. The van der Waals surface area contributed by atoms with Crippen molar-refractivity contribution >= 4 is 17.5 Å². The lowest BCUT2D eigenvalue weighted by molar-refractivity contribution is -0.153. The first kappa shape index (κ1) is 18.7. The summed E-state index contributed by atoms with van der Waals surface area (Å²) in [5.41, 5.74) is 1.35. The van der Waals surface area contributed by atoms with E-state index in [9.17, 15) is 9.59 Å². The molecule has 1 unspecified atom stereocenters. The summed E-state index contributed by atoms with van der Waals surface area (Å²) in [7, 11) is 0. The first-order valence-electron chi connectivity index (χ1n) is 9.82. The van der Waals surface area contributed by atoms with Crippen LogP contribution in [0.25, 0.3) is 0 Å². The lowest BCUT2D eigenvalue weighted by Gasteiger charge is -2.47. The van der Waals surface area contributed by atoms with Gasteiger partial charge >= 0.3 is 0 Å². The minimum absolute atomic E-state index is 0.0330. The largest absolute Gasteiger partial charge is 0.361 e. The van der Waals surface area contributed by atoms with Crippen molar-refractivity contribution in [3.63, 3.8) is 0 Å². The number of likely N-dealkylation sites (tertiary alicyclic amines) is 1. The van der Waals surface area contributed by atoms with Crippen LogP contribution in [0, 0.1) is 6.92 Å². The summed E-state index contributed by atoms with van der Waals surface area (Å²) in [6.45, 7) is 4.32. The maximum Gasteiger partial charge on any atom is 0.253 e. The fourth-order valence-electron chi connectivity index (χ4n) is 4.07. The van der Waals surface area contributed by atoms with Crippen molar-refractivity contribution < 1.29 is 14.3 Å². The number of hydrogen-bond acceptors (Lipinski definition) is 4. The number of hydrogen-bond donors (Lipinski definition) is 0. The average molecular weight is 382 g/mol. The van der Waals surface area contributed by atoms with Gasteiger partial charge in [0.1, 0.15) is 12.2 Å². The first-order valence-corrected chi connectivity index (χ1v) is 9.82. The maximum absolute atomic E-state index is 12.8. The fourth-order valence-corrected chi connectivity index (χ4v) is 4.07. The number of aromatic nitrogens is 2. The Kier molecular flexibility index (Phi) is 5.17. The van der Waals surface area contributed by atoms with E-state index in [-0.39, 0.29) is 18.4 Å². The van der Waals surface area contributed by atoms with Crippen LogP contribution in [0.4, 0.5) is 5.69 Å². The Bertz CT molecular complexity index is 850. The average Bonchev–Trinajstić information content (AvgIpc) is 3.14. The highest BCUT2D eigenvalue weighted by atomic mass is 16.5. The molecule has 1 spiro atoms. The van der Waals surface area contributed by atoms with Crippen LogP contribution in [0.3, 0.4) is 0 Å². The number of para-hydroxylation sites is 1. The van der Waals surface area contributed by atoms with Crippen LogP contribution in [0.1, 0.15) is 25.0 Å². The Balaban J connectivity index is 1.42. The van der Waals surface area contributed by atoms with E-state index in [1.54, 1.807) is 9.58 Å². The Morgan fingerprint density at radius 3 is 2.79 bits per heavy atom. The van der Waals surface area contributed by atoms with Gasteiger partial charge in [0, 0.05) is 31.4 Å². The second kappa shape index (κ2) is 7.75. The van der Waals surface area contributed by atoms with Gasteiger partial charge in [-0.2, -0.15) is 5.10 Å². The predicted molar refractivity (Wildman–Crippen MR) is 105 cm³/mol. The number of carbonyl (C=O) groups excluding carboxylic acids is 2. The lowest BCUT2D eigenvalue weighted by Crippen LogP contribution is -2.62. The van der Waals surface area contributed by atoms with Gasteiger partial charge in [0.15, 0.2) is 0 Å². The number of nitrogens with zero attached hydrogens (tertiary/aromatic N) is 4. The molecule has 0 saturated carbocycles. The molecule has 1 aromatic heterocycles. The van der Waals surface area contributed by atoms with Gasteiger partial charge in [0.2, 0.25) is 5.91 Å². The Morgan fingerprint density at radius 2 is 2.04 bits per heavy atom. The minimum atomic E-state index is -0.486. The van der Waals surface area contributed by atoms with Crippen molar-refractivity contribution in [1.29, 1.82) is 0 Å². The minimum Gasteiger partial charge on any atom is -0.361 e. The Morgan fingerprint density at radius 1 is 1.21 bits per heavy atom. The van der Waals surface area contributed by atoms with Crippen LogP contribution < -0.4 is 4.90 Å². The van der Waals surface area contributed by atoms with Crippen molar-refractivity contribution in [2.75, 3.05) is 31.1 Å². The van der Waals surface area contributed by atoms with Gasteiger partial charge in [0.25, 0.3) is 5.91 Å². The molecule has 1 atom stereocenters. The zero-order valence-corrected chi connectivity index (χ0v) is 16.2. The lowest BCUT2D eigenvalue weighted by atomic mass is 9.90. The van der Waals surface area contributed by atoms with E-state index in [4.69, 9.17) is 4.74 Å². The normalized spacial score (nSPS) is 22.7. The third kappa shape index (κ3) is 3.94. The van der Waals surface area contributed by atoms with E-state index in [1.807, 2.05) is 54.4 Å². The van der Waals surface area contributed by atoms with Crippen LogP contribution in [-0.2, 0) is 20.9 Å². The predicted octanol–water partition coefficient (Wildman–Crippen LogP) is 2.01. The summed E-state index contributed by atoms with van der Waals surface area (Å²) in [5.74, 6) is 0.0771. The maximum atomic E-state index is 12.8. The van der Waals surface area contributed by atoms with Crippen molar-refractivity contribution in [3.8, 4) is 0 Å². The standard InChI is InChI=1S/C21H26N4O3/c1-17-8-12-24(22-17)13-9-19(26)23-11-5-10-21(15-23)16-25(20(27)14-28-21)18-6-3-2-4-7-18/h2-4,6-8,12H,5,9-11,13-16H2,1H3. The van der Waals surface area contributed by atoms with E-state index in [1.165, 1.54) is 0 Å². The van der Waals surface area contributed by atoms with E-state index in [0.29, 0.717) is 26.1 Å². The summed E-state index contributed by atoms with van der Waals surface area (Å²) in [6, 6.07) is 11.6. The van der Waals surface area contributed by atoms with E-state index < -0.39 is 5.60 Å². The third-order valence-electron chi connectivity index (χ3n) is 5.54. The number of morpholine rings is 1. The fraction of sp³-hybridized carbons (Fsp3) is 0.476. The molecule has 2 amide bonds. The second-order valence-corrected chi connectivity index (χ2v) is 7.68. The van der Waals surface area contributed by atoms with Gasteiger partial charge in [-0.05, 0) is 38.0 Å². The molecule has 2 aliphatic rings. The van der Waals surface area contributed by atoms with Crippen LogP contribution in [-0.4, -0.2) is 58.3 Å². The van der Waals surface area contributed by atoms with Crippen LogP contribution >= 0.6 is 0 Å². The number of benzene rings is 1. The van der Waals surface area contributed by atoms with E-state index in [0.717, 1.165) is 30.8 Å². The summed E-state index contributed by atoms with van der Waals surface area (Å²) in [6.07, 6.45) is 4.04. The van der Waals surface area contributed by atoms with Crippen LogP contribution in [0.2, 0.25) is 0 Å². The highest BCUT2D eigenvalue weighted by Gasteiger charge is 2.44. The molecule has 148 valence electrons. The highest BCUT2D eigenvalue weighted by Crippen LogP contribution is 2.32. The zero-order valence-electron chi connectivity index (χ0n) is 16.2.